The Morgan fingerprint density at radius 2 is 1.31 bits per heavy atom. The van der Waals surface area contributed by atoms with Crippen LogP contribution in [0.5, 0.6) is 0 Å². The minimum atomic E-state index is -4.97. The number of phosphoric acid groups is 2. The van der Waals surface area contributed by atoms with Gasteiger partial charge in [-0.15, -0.1) is 0 Å². The van der Waals surface area contributed by atoms with E-state index >= 15 is 0 Å². The lowest BCUT2D eigenvalue weighted by Gasteiger charge is -2.07. The van der Waals surface area contributed by atoms with Gasteiger partial charge >= 0.3 is 15.6 Å². The summed E-state index contributed by atoms with van der Waals surface area (Å²) in [4.78, 5) is 16.3. The van der Waals surface area contributed by atoms with E-state index in [-0.39, 0.29) is 0 Å². The lowest BCUT2D eigenvalue weighted by atomic mass is 11.6. The SMILES string of the molecule is O=P(O)(OF)OCOP(=O)(O)OF. The van der Waals surface area contributed by atoms with Crippen molar-refractivity contribution in [3.05, 3.63) is 0 Å². The van der Waals surface area contributed by atoms with Crippen LogP contribution in [0.1, 0.15) is 0 Å². The van der Waals surface area contributed by atoms with Gasteiger partial charge in [0.1, 0.15) is 0 Å². The van der Waals surface area contributed by atoms with E-state index in [1.54, 1.807) is 0 Å². The van der Waals surface area contributed by atoms with Gasteiger partial charge in [-0.2, -0.15) is 0 Å². The third-order valence-electron chi connectivity index (χ3n) is 0.606. The highest BCUT2D eigenvalue weighted by Crippen LogP contribution is 2.47. The molecule has 0 rings (SSSR count). The average Bonchev–Trinajstić information content (AvgIpc) is 2.04. The van der Waals surface area contributed by atoms with Gasteiger partial charge in [0.2, 0.25) is 0 Å². The molecular weight excluding hydrogens is 240 g/mol. The first kappa shape index (κ1) is 13.1. The molecule has 0 amide bonds. The number of rotatable bonds is 6. The fraction of sp³-hybridized carbons (Fsp3) is 1.00. The molecule has 0 spiro atoms. The number of hydrogen-bond donors (Lipinski definition) is 2. The Labute approximate surface area is 70.0 Å². The molecule has 2 N–H and O–H groups in total. The van der Waals surface area contributed by atoms with Crippen LogP contribution in [-0.4, -0.2) is 16.6 Å². The third kappa shape index (κ3) is 6.19. The van der Waals surface area contributed by atoms with Crippen LogP contribution >= 0.6 is 15.6 Å². The molecule has 12 heteroatoms. The summed E-state index contributed by atoms with van der Waals surface area (Å²) >= 11 is 0. The van der Waals surface area contributed by atoms with E-state index in [2.05, 4.69) is 18.5 Å². The standard InChI is InChI=1S/CH4F2O8P2/c2-10-12(4,5)8-1-9-13(6,7)11-3/h1H2,(H,4,5)(H,6,7). The summed E-state index contributed by atoms with van der Waals surface area (Å²) in [7, 11) is -9.94. The summed E-state index contributed by atoms with van der Waals surface area (Å²) < 4.78 is 54.1. The number of halogens is 2. The summed E-state index contributed by atoms with van der Waals surface area (Å²) in [6.45, 7) is -1.37. The van der Waals surface area contributed by atoms with Crippen LogP contribution in [-0.2, 0) is 27.6 Å². The molecule has 80 valence electrons. The Hall–Kier alpha value is 0.0800. The van der Waals surface area contributed by atoms with E-state index in [9.17, 15) is 18.2 Å². The van der Waals surface area contributed by atoms with Crippen LogP contribution in [0, 0.1) is 0 Å². The highest BCUT2D eigenvalue weighted by molar-refractivity contribution is 7.48. The van der Waals surface area contributed by atoms with Crippen molar-refractivity contribution < 1.29 is 46.5 Å². The largest absolute Gasteiger partial charge is 0.505 e. The van der Waals surface area contributed by atoms with Gasteiger partial charge in [-0.1, -0.05) is 9.46 Å². The van der Waals surface area contributed by atoms with Gasteiger partial charge in [-0.25, -0.2) is 9.13 Å². The molecule has 0 bridgehead atoms. The fourth-order valence-corrected chi connectivity index (χ4v) is 0.731. The van der Waals surface area contributed by atoms with Gasteiger partial charge in [0.15, 0.2) is 6.79 Å². The highest BCUT2D eigenvalue weighted by Gasteiger charge is 2.27. The maximum absolute atomic E-state index is 11.0. The Morgan fingerprint density at radius 3 is 1.54 bits per heavy atom. The van der Waals surface area contributed by atoms with E-state index in [4.69, 9.17) is 9.79 Å². The summed E-state index contributed by atoms with van der Waals surface area (Å²) in [5.41, 5.74) is 0. The monoisotopic (exact) mass is 244 g/mol. The average molecular weight is 244 g/mol. The lowest BCUT2D eigenvalue weighted by molar-refractivity contribution is -0.0801. The van der Waals surface area contributed by atoms with Gasteiger partial charge in [0, 0.05) is 0 Å². The van der Waals surface area contributed by atoms with Crippen molar-refractivity contribution in [2.45, 2.75) is 0 Å². The van der Waals surface area contributed by atoms with Gasteiger partial charge in [0.25, 0.3) is 0 Å². The second-order valence-electron chi connectivity index (χ2n) is 1.45. The van der Waals surface area contributed by atoms with Gasteiger partial charge in [-0.05, 0) is 9.05 Å². The summed E-state index contributed by atoms with van der Waals surface area (Å²) in [6.07, 6.45) is 0. The predicted molar refractivity (Wildman–Crippen MR) is 31.1 cm³/mol. The molecule has 0 fully saturated rings. The molecule has 2 atom stereocenters. The number of phosphoric ester groups is 2. The molecule has 0 aromatic carbocycles. The molecule has 0 radical (unpaired) electrons. The molecule has 0 aliphatic heterocycles. The maximum Gasteiger partial charge on any atom is 0.505 e. The number of hydrogen-bond acceptors (Lipinski definition) is 6. The Kier molecular flexibility index (Phi) is 5.11. The van der Waals surface area contributed by atoms with Gasteiger partial charge < -0.3 is 9.79 Å². The van der Waals surface area contributed by atoms with E-state index in [0.29, 0.717) is 0 Å². The van der Waals surface area contributed by atoms with Crippen molar-refractivity contribution in [2.24, 2.45) is 0 Å². The van der Waals surface area contributed by atoms with Crippen LogP contribution in [0.3, 0.4) is 0 Å². The zero-order chi connectivity index (χ0) is 10.5. The molecular formula is CH4F2O8P2. The van der Waals surface area contributed by atoms with Crippen LogP contribution in [0.4, 0.5) is 9.05 Å². The zero-order valence-electron chi connectivity index (χ0n) is 5.70. The molecule has 0 aliphatic carbocycles. The summed E-state index contributed by atoms with van der Waals surface area (Å²) in [5, 5.41) is 0. The minimum absolute atomic E-state index is 1.37. The second kappa shape index (κ2) is 5.08. The van der Waals surface area contributed by atoms with Crippen molar-refractivity contribution in [3.63, 3.8) is 0 Å². The third-order valence-corrected chi connectivity index (χ3v) is 1.82. The van der Waals surface area contributed by atoms with Crippen LogP contribution in [0.25, 0.3) is 0 Å². The van der Waals surface area contributed by atoms with Gasteiger partial charge in [0.05, 0.1) is 0 Å². The fourth-order valence-electron chi connectivity index (χ4n) is 0.197. The van der Waals surface area contributed by atoms with E-state index in [1.807, 2.05) is 0 Å². The smallest absolute Gasteiger partial charge is 0.301 e. The molecule has 13 heavy (non-hydrogen) atoms. The van der Waals surface area contributed by atoms with Crippen LogP contribution in [0.2, 0.25) is 0 Å². The van der Waals surface area contributed by atoms with E-state index in [0.717, 1.165) is 0 Å². The van der Waals surface area contributed by atoms with Crippen molar-refractivity contribution in [1.29, 1.82) is 0 Å². The first-order valence-electron chi connectivity index (χ1n) is 2.38. The zero-order valence-corrected chi connectivity index (χ0v) is 7.49. The van der Waals surface area contributed by atoms with E-state index in [1.165, 1.54) is 0 Å². The van der Waals surface area contributed by atoms with Crippen molar-refractivity contribution in [3.8, 4) is 0 Å². The molecule has 2 unspecified atom stereocenters. The first-order chi connectivity index (χ1) is 5.83. The normalized spacial score (nSPS) is 20.6. The Morgan fingerprint density at radius 1 is 1.00 bits per heavy atom. The lowest BCUT2D eigenvalue weighted by Crippen LogP contribution is -1.97. The molecule has 0 saturated carbocycles. The summed E-state index contributed by atoms with van der Waals surface area (Å²) in [5.74, 6) is 0. The van der Waals surface area contributed by atoms with Crippen LogP contribution < -0.4 is 0 Å². The molecule has 0 saturated heterocycles. The van der Waals surface area contributed by atoms with Crippen LogP contribution in [0.15, 0.2) is 0 Å². The molecule has 8 nitrogen and oxygen atoms in total. The first-order valence-corrected chi connectivity index (χ1v) is 5.37. The van der Waals surface area contributed by atoms with E-state index < -0.39 is 22.4 Å². The van der Waals surface area contributed by atoms with Crippen molar-refractivity contribution in [1.82, 2.24) is 0 Å². The Balaban J connectivity index is 3.81. The Bertz CT molecular complexity index is 216. The van der Waals surface area contributed by atoms with Crippen molar-refractivity contribution >= 4 is 15.6 Å². The topological polar surface area (TPSA) is 112 Å². The quantitative estimate of drug-likeness (QED) is 0.525. The maximum atomic E-state index is 11.0. The minimum Gasteiger partial charge on any atom is -0.301 e. The second-order valence-corrected chi connectivity index (χ2v) is 4.12. The van der Waals surface area contributed by atoms with Gasteiger partial charge in [-0.3, -0.25) is 9.05 Å². The summed E-state index contributed by atoms with van der Waals surface area (Å²) in [6, 6.07) is 0. The molecule has 0 aromatic heterocycles. The molecule has 0 aliphatic rings. The predicted octanol–water partition coefficient (Wildman–Crippen LogP) is 0.980. The highest BCUT2D eigenvalue weighted by atomic mass is 31.2. The molecule has 0 aromatic rings. The molecule has 0 heterocycles. The van der Waals surface area contributed by atoms with Crippen molar-refractivity contribution in [2.75, 3.05) is 6.79 Å².